The number of anilines is 1. The first-order valence-corrected chi connectivity index (χ1v) is 11.1. The van der Waals surface area contributed by atoms with Crippen molar-refractivity contribution in [3.8, 4) is 5.75 Å². The van der Waals surface area contributed by atoms with Gasteiger partial charge in [0, 0.05) is 38.4 Å². The molecule has 4 rings (SSSR count). The van der Waals surface area contributed by atoms with Gasteiger partial charge >= 0.3 is 12.4 Å². The van der Waals surface area contributed by atoms with Crippen LogP contribution in [0.15, 0.2) is 78.9 Å². The van der Waals surface area contributed by atoms with Crippen LogP contribution in [0.3, 0.4) is 0 Å². The lowest BCUT2D eigenvalue weighted by atomic mass is 10.1. The van der Waals surface area contributed by atoms with Crippen molar-refractivity contribution in [3.05, 3.63) is 95.6 Å². The van der Waals surface area contributed by atoms with Crippen molar-refractivity contribution < 1.29 is 31.1 Å². The molecule has 0 radical (unpaired) electrons. The molecule has 1 heterocycles. The predicted octanol–water partition coefficient (Wildman–Crippen LogP) is 6.67. The van der Waals surface area contributed by atoms with Gasteiger partial charge in [-0.1, -0.05) is 36.4 Å². The summed E-state index contributed by atoms with van der Waals surface area (Å²) >= 11 is 0. The van der Waals surface area contributed by atoms with E-state index in [1.165, 1.54) is 18.2 Å². The first-order valence-electron chi connectivity index (χ1n) is 11.1. The van der Waals surface area contributed by atoms with E-state index in [1.807, 2.05) is 35.2 Å². The molecular weight excluding hydrogens is 470 g/mol. The summed E-state index contributed by atoms with van der Waals surface area (Å²) in [4.78, 5) is 4.06. The fourth-order valence-corrected chi connectivity index (χ4v) is 4.07. The third-order valence-electron chi connectivity index (χ3n) is 5.97. The van der Waals surface area contributed by atoms with Gasteiger partial charge in [-0.05, 0) is 48.0 Å². The van der Waals surface area contributed by atoms with Crippen molar-refractivity contribution in [1.29, 1.82) is 0 Å². The number of alkyl halides is 6. The molecule has 1 aliphatic rings. The second kappa shape index (κ2) is 10.2. The Morgan fingerprint density at radius 2 is 1.31 bits per heavy atom. The highest BCUT2D eigenvalue weighted by molar-refractivity contribution is 5.49. The zero-order chi connectivity index (χ0) is 25.1. The standard InChI is InChI=1S/C26H24F6N2O/c27-25(28,29)20-9-11-23(12-10-20)35-24(19-5-2-1-3-6-19)18-33-13-15-34(16-14-33)22-8-4-7-21(17-22)26(30,31)32/h1-12,17,24H,13-16,18H2. The quantitative estimate of drug-likeness (QED) is 0.356. The molecule has 1 atom stereocenters. The molecule has 0 bridgehead atoms. The number of halogens is 6. The van der Waals surface area contributed by atoms with Gasteiger partial charge in [-0.3, -0.25) is 4.90 Å². The maximum absolute atomic E-state index is 13.1. The van der Waals surface area contributed by atoms with Crippen LogP contribution < -0.4 is 9.64 Å². The molecule has 0 spiro atoms. The molecule has 1 saturated heterocycles. The average Bonchev–Trinajstić information content (AvgIpc) is 2.84. The molecule has 9 heteroatoms. The van der Waals surface area contributed by atoms with E-state index in [0.29, 0.717) is 44.2 Å². The molecule has 1 fully saturated rings. The number of hydrogen-bond donors (Lipinski definition) is 0. The summed E-state index contributed by atoms with van der Waals surface area (Å²) in [5.41, 5.74) is -0.00821. The normalized spacial score (nSPS) is 16.2. The maximum atomic E-state index is 13.1. The van der Waals surface area contributed by atoms with E-state index in [9.17, 15) is 26.3 Å². The van der Waals surface area contributed by atoms with Crippen molar-refractivity contribution >= 4 is 5.69 Å². The molecule has 186 valence electrons. The molecule has 1 unspecified atom stereocenters. The van der Waals surface area contributed by atoms with Crippen LogP contribution >= 0.6 is 0 Å². The van der Waals surface area contributed by atoms with Gasteiger partial charge < -0.3 is 9.64 Å². The Bertz CT molecular complexity index is 1090. The molecule has 0 aromatic heterocycles. The van der Waals surface area contributed by atoms with Crippen LogP contribution in [-0.4, -0.2) is 37.6 Å². The fraction of sp³-hybridized carbons (Fsp3) is 0.308. The first-order chi connectivity index (χ1) is 16.6. The lowest BCUT2D eigenvalue weighted by molar-refractivity contribution is -0.138. The molecule has 3 aromatic carbocycles. The minimum Gasteiger partial charge on any atom is -0.484 e. The van der Waals surface area contributed by atoms with Crippen molar-refractivity contribution in [2.75, 3.05) is 37.6 Å². The maximum Gasteiger partial charge on any atom is 0.416 e. The van der Waals surface area contributed by atoms with Crippen molar-refractivity contribution in [3.63, 3.8) is 0 Å². The lowest BCUT2D eigenvalue weighted by Crippen LogP contribution is -2.48. The van der Waals surface area contributed by atoms with E-state index >= 15 is 0 Å². The zero-order valence-electron chi connectivity index (χ0n) is 18.7. The predicted molar refractivity (Wildman–Crippen MR) is 121 cm³/mol. The first kappa shape index (κ1) is 24.9. The van der Waals surface area contributed by atoms with Crippen LogP contribution in [0, 0.1) is 0 Å². The largest absolute Gasteiger partial charge is 0.484 e. The molecule has 1 aliphatic heterocycles. The van der Waals surface area contributed by atoms with Gasteiger partial charge in [-0.15, -0.1) is 0 Å². The highest BCUT2D eigenvalue weighted by Gasteiger charge is 2.32. The summed E-state index contributed by atoms with van der Waals surface area (Å²) in [7, 11) is 0. The average molecular weight is 494 g/mol. The third-order valence-corrected chi connectivity index (χ3v) is 5.97. The van der Waals surface area contributed by atoms with Gasteiger partial charge in [0.25, 0.3) is 0 Å². The number of piperazine rings is 1. The van der Waals surface area contributed by atoms with Gasteiger partial charge in [-0.2, -0.15) is 26.3 Å². The van der Waals surface area contributed by atoms with E-state index in [-0.39, 0.29) is 0 Å². The van der Waals surface area contributed by atoms with Crippen molar-refractivity contribution in [1.82, 2.24) is 4.90 Å². The number of ether oxygens (including phenoxy) is 1. The monoisotopic (exact) mass is 494 g/mol. The summed E-state index contributed by atoms with van der Waals surface area (Å²) in [5, 5.41) is 0. The SMILES string of the molecule is FC(F)(F)c1ccc(OC(CN2CCN(c3cccc(C(F)(F)F)c3)CC2)c2ccccc2)cc1. The molecular formula is C26H24F6N2O. The Morgan fingerprint density at radius 1 is 0.686 bits per heavy atom. The Morgan fingerprint density at radius 3 is 1.91 bits per heavy atom. The van der Waals surface area contributed by atoms with Gasteiger partial charge in [0.1, 0.15) is 11.9 Å². The van der Waals surface area contributed by atoms with Crippen LogP contribution in [-0.2, 0) is 12.4 Å². The van der Waals surface area contributed by atoms with Crippen LogP contribution in [0.2, 0.25) is 0 Å². The lowest BCUT2D eigenvalue weighted by Gasteiger charge is -2.37. The fourth-order valence-electron chi connectivity index (χ4n) is 4.07. The third kappa shape index (κ3) is 6.48. The molecule has 3 aromatic rings. The van der Waals surface area contributed by atoms with Crippen molar-refractivity contribution in [2.24, 2.45) is 0 Å². The van der Waals surface area contributed by atoms with Crippen LogP contribution in [0.25, 0.3) is 0 Å². The number of benzene rings is 3. The summed E-state index contributed by atoms with van der Waals surface area (Å²) in [6, 6.07) is 19.3. The molecule has 0 N–H and O–H groups in total. The summed E-state index contributed by atoms with van der Waals surface area (Å²) in [5.74, 6) is 0.328. The van der Waals surface area contributed by atoms with Gasteiger partial charge in [0.2, 0.25) is 0 Å². The Hall–Kier alpha value is -3.20. The number of nitrogens with zero attached hydrogens (tertiary/aromatic N) is 2. The Kier molecular flexibility index (Phi) is 7.25. The van der Waals surface area contributed by atoms with Gasteiger partial charge in [-0.25, -0.2) is 0 Å². The summed E-state index contributed by atoms with van der Waals surface area (Å²) in [6.45, 7) is 2.79. The Balaban J connectivity index is 1.42. The van der Waals surface area contributed by atoms with E-state index < -0.39 is 29.6 Å². The van der Waals surface area contributed by atoms with Crippen LogP contribution in [0.1, 0.15) is 22.8 Å². The highest BCUT2D eigenvalue weighted by Crippen LogP contribution is 2.33. The van der Waals surface area contributed by atoms with E-state index in [0.717, 1.165) is 29.8 Å². The van der Waals surface area contributed by atoms with Gasteiger partial charge in [0.15, 0.2) is 0 Å². The summed E-state index contributed by atoms with van der Waals surface area (Å²) in [6.07, 6.45) is -9.24. The molecule has 0 amide bonds. The topological polar surface area (TPSA) is 15.7 Å². The van der Waals surface area contributed by atoms with Crippen molar-refractivity contribution in [2.45, 2.75) is 18.5 Å². The minimum atomic E-state index is -4.42. The Labute approximate surface area is 199 Å². The smallest absolute Gasteiger partial charge is 0.416 e. The number of rotatable bonds is 6. The second-order valence-electron chi connectivity index (χ2n) is 8.38. The zero-order valence-corrected chi connectivity index (χ0v) is 18.7. The second-order valence-corrected chi connectivity index (χ2v) is 8.38. The van der Waals surface area contributed by atoms with Crippen LogP contribution in [0.4, 0.5) is 32.0 Å². The molecule has 35 heavy (non-hydrogen) atoms. The van der Waals surface area contributed by atoms with Crippen LogP contribution in [0.5, 0.6) is 5.75 Å². The molecule has 3 nitrogen and oxygen atoms in total. The minimum absolute atomic E-state index is 0.328. The van der Waals surface area contributed by atoms with E-state index in [2.05, 4.69) is 4.90 Å². The van der Waals surface area contributed by atoms with E-state index in [4.69, 9.17) is 4.74 Å². The van der Waals surface area contributed by atoms with E-state index in [1.54, 1.807) is 6.07 Å². The molecule has 0 saturated carbocycles. The number of hydrogen-bond acceptors (Lipinski definition) is 3. The highest BCUT2D eigenvalue weighted by atomic mass is 19.4. The van der Waals surface area contributed by atoms with Gasteiger partial charge in [0.05, 0.1) is 11.1 Å². The summed E-state index contributed by atoms with van der Waals surface area (Å²) < 4.78 is 83.9. The molecule has 0 aliphatic carbocycles.